The monoisotopic (exact) mass is 293 g/mol. The Morgan fingerprint density at radius 2 is 2.10 bits per heavy atom. The second kappa shape index (κ2) is 6.22. The van der Waals surface area contributed by atoms with Crippen molar-refractivity contribution in [1.29, 1.82) is 0 Å². The van der Waals surface area contributed by atoms with Crippen LogP contribution in [0.2, 0.25) is 0 Å². The summed E-state index contributed by atoms with van der Waals surface area (Å²) in [7, 11) is 0. The summed E-state index contributed by atoms with van der Waals surface area (Å²) in [6, 6.07) is 4.90. The molecule has 0 aliphatic rings. The number of nitrogens with one attached hydrogen (secondary N) is 1. The van der Waals surface area contributed by atoms with Crippen LogP contribution in [-0.4, -0.2) is 15.7 Å². The number of nitrogens with zero attached hydrogens (tertiary/aromatic N) is 2. The van der Waals surface area contributed by atoms with E-state index >= 15 is 0 Å². The number of aromatic nitrogens is 2. The van der Waals surface area contributed by atoms with Crippen molar-refractivity contribution < 1.29 is 13.7 Å². The average Bonchev–Trinajstić information content (AvgIpc) is 2.80. The third kappa shape index (κ3) is 4.82. The maximum atomic E-state index is 14.0. The first-order valence-electron chi connectivity index (χ1n) is 6.79. The van der Waals surface area contributed by atoms with Crippen LogP contribution in [0.25, 0.3) is 0 Å². The van der Waals surface area contributed by atoms with E-state index in [0.29, 0.717) is 18.3 Å². The largest absolute Gasteiger partial charge is 0.481 e. The van der Waals surface area contributed by atoms with Gasteiger partial charge in [-0.1, -0.05) is 11.2 Å². The van der Waals surface area contributed by atoms with E-state index in [-0.39, 0.29) is 17.9 Å². The van der Waals surface area contributed by atoms with Crippen molar-refractivity contribution in [3.63, 3.8) is 0 Å². The van der Waals surface area contributed by atoms with Gasteiger partial charge in [-0.05, 0) is 45.4 Å². The molecule has 0 atom stereocenters. The van der Waals surface area contributed by atoms with E-state index in [1.54, 1.807) is 13.0 Å². The molecule has 1 aromatic carbocycles. The molecule has 0 fully saturated rings. The minimum Gasteiger partial charge on any atom is -0.481 e. The van der Waals surface area contributed by atoms with E-state index in [4.69, 9.17) is 9.26 Å². The highest BCUT2D eigenvalue weighted by Crippen LogP contribution is 2.20. The summed E-state index contributed by atoms with van der Waals surface area (Å²) in [6.07, 6.45) is 0. The number of hydrogen-bond acceptors (Lipinski definition) is 5. The standard InChI is InChI=1S/C15H20FN3O2/c1-10-18-14(21-19-10)9-20-13-6-5-11(7-12(13)16)8-17-15(2,3)4/h5-7,17H,8-9H2,1-4H3. The van der Waals surface area contributed by atoms with Crippen molar-refractivity contribution in [1.82, 2.24) is 15.5 Å². The summed E-state index contributed by atoms with van der Waals surface area (Å²) in [5.41, 5.74) is 0.852. The van der Waals surface area contributed by atoms with E-state index in [9.17, 15) is 4.39 Å². The topological polar surface area (TPSA) is 60.2 Å². The van der Waals surface area contributed by atoms with Crippen LogP contribution in [0.4, 0.5) is 4.39 Å². The van der Waals surface area contributed by atoms with Gasteiger partial charge in [0.1, 0.15) is 0 Å². The van der Waals surface area contributed by atoms with Crippen LogP contribution < -0.4 is 10.1 Å². The van der Waals surface area contributed by atoms with E-state index in [1.807, 2.05) is 6.07 Å². The number of benzene rings is 1. The van der Waals surface area contributed by atoms with Gasteiger partial charge in [0, 0.05) is 12.1 Å². The van der Waals surface area contributed by atoms with Gasteiger partial charge < -0.3 is 14.6 Å². The molecule has 21 heavy (non-hydrogen) atoms. The molecular weight excluding hydrogens is 273 g/mol. The highest BCUT2D eigenvalue weighted by Gasteiger charge is 2.11. The molecule has 5 nitrogen and oxygen atoms in total. The molecule has 0 spiro atoms. The van der Waals surface area contributed by atoms with Gasteiger partial charge in [-0.2, -0.15) is 4.98 Å². The fourth-order valence-corrected chi connectivity index (χ4v) is 1.68. The molecule has 0 unspecified atom stereocenters. The summed E-state index contributed by atoms with van der Waals surface area (Å²) < 4.78 is 24.2. The first-order valence-corrected chi connectivity index (χ1v) is 6.79. The molecule has 0 saturated heterocycles. The second-order valence-electron chi connectivity index (χ2n) is 5.89. The first kappa shape index (κ1) is 15.4. The highest BCUT2D eigenvalue weighted by atomic mass is 19.1. The summed E-state index contributed by atoms with van der Waals surface area (Å²) in [6.45, 7) is 8.55. The molecular formula is C15H20FN3O2. The summed E-state index contributed by atoms with van der Waals surface area (Å²) in [5.74, 6) is 0.618. The number of aryl methyl sites for hydroxylation is 1. The smallest absolute Gasteiger partial charge is 0.264 e. The molecule has 114 valence electrons. The molecule has 0 saturated carbocycles. The molecule has 0 amide bonds. The Labute approximate surface area is 123 Å². The van der Waals surface area contributed by atoms with Crippen molar-refractivity contribution in [2.45, 2.75) is 46.4 Å². The second-order valence-corrected chi connectivity index (χ2v) is 5.89. The van der Waals surface area contributed by atoms with Gasteiger partial charge in [0.05, 0.1) is 0 Å². The van der Waals surface area contributed by atoms with Crippen LogP contribution in [-0.2, 0) is 13.2 Å². The SMILES string of the molecule is Cc1noc(COc2ccc(CNC(C)(C)C)cc2F)n1. The Morgan fingerprint density at radius 3 is 2.67 bits per heavy atom. The van der Waals surface area contributed by atoms with Gasteiger partial charge in [0.15, 0.2) is 24.0 Å². The van der Waals surface area contributed by atoms with Gasteiger partial charge in [0.2, 0.25) is 0 Å². The Bertz CT molecular complexity index is 605. The van der Waals surface area contributed by atoms with Crippen molar-refractivity contribution in [3.05, 3.63) is 41.3 Å². The first-order chi connectivity index (χ1) is 9.83. The Hall–Kier alpha value is -1.95. The lowest BCUT2D eigenvalue weighted by Crippen LogP contribution is -2.35. The molecule has 2 rings (SSSR count). The summed E-state index contributed by atoms with van der Waals surface area (Å²) in [5, 5.41) is 6.95. The molecule has 1 aromatic heterocycles. The molecule has 6 heteroatoms. The predicted molar refractivity (Wildman–Crippen MR) is 76.4 cm³/mol. The van der Waals surface area contributed by atoms with Gasteiger partial charge in [0.25, 0.3) is 5.89 Å². The van der Waals surface area contributed by atoms with Gasteiger partial charge in [-0.15, -0.1) is 0 Å². The minimum absolute atomic E-state index is 0.0124. The number of halogens is 1. The molecule has 1 N–H and O–H groups in total. The maximum absolute atomic E-state index is 14.0. The lowest BCUT2D eigenvalue weighted by molar-refractivity contribution is 0.234. The maximum Gasteiger partial charge on any atom is 0.264 e. The van der Waals surface area contributed by atoms with E-state index in [0.717, 1.165) is 5.56 Å². The normalized spacial score (nSPS) is 11.7. The molecule has 0 aliphatic carbocycles. The third-order valence-electron chi connectivity index (χ3n) is 2.74. The molecule has 0 bridgehead atoms. The molecule has 0 aliphatic heterocycles. The third-order valence-corrected chi connectivity index (χ3v) is 2.74. The van der Waals surface area contributed by atoms with E-state index < -0.39 is 5.82 Å². The van der Waals surface area contributed by atoms with Crippen molar-refractivity contribution >= 4 is 0 Å². The molecule has 0 radical (unpaired) electrons. The van der Waals surface area contributed by atoms with Crippen LogP contribution in [0.15, 0.2) is 22.7 Å². The van der Waals surface area contributed by atoms with Gasteiger partial charge in [-0.25, -0.2) is 4.39 Å². The average molecular weight is 293 g/mol. The van der Waals surface area contributed by atoms with Crippen LogP contribution in [0.1, 0.15) is 38.0 Å². The number of ether oxygens (including phenoxy) is 1. The fraction of sp³-hybridized carbons (Fsp3) is 0.467. The van der Waals surface area contributed by atoms with Crippen molar-refractivity contribution in [2.75, 3.05) is 0 Å². The zero-order chi connectivity index (χ0) is 15.5. The minimum atomic E-state index is -0.403. The van der Waals surface area contributed by atoms with Crippen LogP contribution >= 0.6 is 0 Å². The van der Waals surface area contributed by atoms with Crippen molar-refractivity contribution in [2.24, 2.45) is 0 Å². The lowest BCUT2D eigenvalue weighted by atomic mass is 10.1. The quantitative estimate of drug-likeness (QED) is 0.918. The van der Waals surface area contributed by atoms with Gasteiger partial charge >= 0.3 is 0 Å². The van der Waals surface area contributed by atoms with Gasteiger partial charge in [-0.3, -0.25) is 0 Å². The predicted octanol–water partition coefficient (Wildman–Crippen LogP) is 2.98. The zero-order valence-electron chi connectivity index (χ0n) is 12.7. The Balaban J connectivity index is 1.95. The van der Waals surface area contributed by atoms with Crippen LogP contribution in [0, 0.1) is 12.7 Å². The van der Waals surface area contributed by atoms with Crippen LogP contribution in [0.3, 0.4) is 0 Å². The number of hydrogen-bond donors (Lipinski definition) is 1. The van der Waals surface area contributed by atoms with E-state index in [1.165, 1.54) is 6.07 Å². The zero-order valence-corrected chi connectivity index (χ0v) is 12.7. The van der Waals surface area contributed by atoms with Crippen molar-refractivity contribution in [3.8, 4) is 5.75 Å². The summed E-state index contributed by atoms with van der Waals surface area (Å²) in [4.78, 5) is 3.99. The number of rotatable bonds is 5. The highest BCUT2D eigenvalue weighted by molar-refractivity contribution is 5.29. The van der Waals surface area contributed by atoms with E-state index in [2.05, 4.69) is 36.2 Å². The fourth-order valence-electron chi connectivity index (χ4n) is 1.68. The lowest BCUT2D eigenvalue weighted by Gasteiger charge is -2.20. The van der Waals surface area contributed by atoms with Crippen LogP contribution in [0.5, 0.6) is 5.75 Å². The Morgan fingerprint density at radius 1 is 1.33 bits per heavy atom. The molecule has 1 heterocycles. The summed E-state index contributed by atoms with van der Waals surface area (Å²) >= 11 is 0. The Kier molecular flexibility index (Phi) is 4.57. The molecule has 2 aromatic rings.